The smallest absolute Gasteiger partial charge is 0.222 e. The molecule has 1 fully saturated rings. The van der Waals surface area contributed by atoms with E-state index in [2.05, 4.69) is 48.3 Å². The molecule has 1 aliphatic rings. The zero-order chi connectivity index (χ0) is 15.1. The van der Waals surface area contributed by atoms with Gasteiger partial charge in [-0.1, -0.05) is 44.2 Å². The van der Waals surface area contributed by atoms with E-state index >= 15 is 0 Å². The maximum Gasteiger partial charge on any atom is 0.222 e. The van der Waals surface area contributed by atoms with Crippen molar-refractivity contribution in [1.82, 2.24) is 10.2 Å². The Morgan fingerprint density at radius 1 is 1.33 bits per heavy atom. The summed E-state index contributed by atoms with van der Waals surface area (Å²) in [7, 11) is 0. The van der Waals surface area contributed by atoms with E-state index < -0.39 is 0 Å². The first-order valence-corrected chi connectivity index (χ1v) is 8.25. The van der Waals surface area contributed by atoms with Crippen LogP contribution < -0.4 is 5.32 Å². The van der Waals surface area contributed by atoms with Gasteiger partial charge in [0.2, 0.25) is 5.91 Å². The third-order valence-electron chi connectivity index (χ3n) is 4.42. The molecule has 21 heavy (non-hydrogen) atoms. The summed E-state index contributed by atoms with van der Waals surface area (Å²) in [6.45, 7) is 7.22. The summed E-state index contributed by atoms with van der Waals surface area (Å²) in [5, 5.41) is 3.52. The summed E-state index contributed by atoms with van der Waals surface area (Å²) in [6, 6.07) is 11.0. The number of carbonyl (C=O) groups excluding carboxylic acids is 1. The van der Waals surface area contributed by atoms with Gasteiger partial charge in [0.25, 0.3) is 0 Å². The van der Waals surface area contributed by atoms with E-state index in [1.165, 1.54) is 5.56 Å². The average Bonchev–Trinajstić information content (AvgIpc) is 2.50. The lowest BCUT2D eigenvalue weighted by molar-refractivity contribution is -0.133. The van der Waals surface area contributed by atoms with E-state index in [-0.39, 0.29) is 0 Å². The van der Waals surface area contributed by atoms with Crippen LogP contribution in [0.25, 0.3) is 0 Å². The van der Waals surface area contributed by atoms with Crippen molar-refractivity contribution in [3.05, 3.63) is 35.9 Å². The number of carbonyl (C=O) groups is 1. The summed E-state index contributed by atoms with van der Waals surface area (Å²) >= 11 is 0. The molecule has 116 valence electrons. The van der Waals surface area contributed by atoms with E-state index in [0.717, 1.165) is 38.9 Å². The largest absolute Gasteiger partial charge is 0.342 e. The van der Waals surface area contributed by atoms with Crippen LogP contribution >= 0.6 is 0 Å². The van der Waals surface area contributed by atoms with Crippen LogP contribution in [0.5, 0.6) is 0 Å². The van der Waals surface area contributed by atoms with Gasteiger partial charge in [-0.2, -0.15) is 0 Å². The maximum absolute atomic E-state index is 12.3. The molecule has 1 aromatic carbocycles. The Balaban J connectivity index is 1.72. The van der Waals surface area contributed by atoms with Gasteiger partial charge in [0.1, 0.15) is 0 Å². The Bertz CT molecular complexity index is 432. The fourth-order valence-corrected chi connectivity index (χ4v) is 3.18. The quantitative estimate of drug-likeness (QED) is 0.873. The topological polar surface area (TPSA) is 32.3 Å². The van der Waals surface area contributed by atoms with Crippen LogP contribution in [0.15, 0.2) is 30.3 Å². The molecule has 1 amide bonds. The van der Waals surface area contributed by atoms with Gasteiger partial charge in [0.05, 0.1) is 0 Å². The summed E-state index contributed by atoms with van der Waals surface area (Å²) in [6.07, 6.45) is 3.70. The van der Waals surface area contributed by atoms with Crippen LogP contribution in [0.4, 0.5) is 0 Å². The van der Waals surface area contributed by atoms with Crippen molar-refractivity contribution in [3.8, 4) is 0 Å². The van der Waals surface area contributed by atoms with Crippen molar-refractivity contribution in [1.29, 1.82) is 0 Å². The molecule has 0 spiro atoms. The highest BCUT2D eigenvalue weighted by Crippen LogP contribution is 2.18. The predicted molar refractivity (Wildman–Crippen MR) is 87.2 cm³/mol. The number of amides is 1. The summed E-state index contributed by atoms with van der Waals surface area (Å²) in [4.78, 5) is 14.4. The van der Waals surface area contributed by atoms with Crippen molar-refractivity contribution in [2.24, 2.45) is 5.92 Å². The molecular weight excluding hydrogens is 260 g/mol. The van der Waals surface area contributed by atoms with Crippen LogP contribution in [0.1, 0.15) is 38.7 Å². The summed E-state index contributed by atoms with van der Waals surface area (Å²) < 4.78 is 0. The van der Waals surface area contributed by atoms with Gasteiger partial charge in [-0.05, 0) is 37.3 Å². The fraction of sp³-hybridized carbons (Fsp3) is 0.611. The second-order valence-electron chi connectivity index (χ2n) is 6.11. The minimum absolute atomic E-state index is 0.327. The minimum atomic E-state index is 0.327. The minimum Gasteiger partial charge on any atom is -0.342 e. The third-order valence-corrected chi connectivity index (χ3v) is 4.42. The van der Waals surface area contributed by atoms with E-state index in [1.54, 1.807) is 0 Å². The molecule has 1 aromatic rings. The first-order chi connectivity index (χ1) is 10.2. The summed E-state index contributed by atoms with van der Waals surface area (Å²) in [5.74, 6) is 0.879. The number of benzene rings is 1. The molecule has 3 nitrogen and oxygen atoms in total. The number of piperidine rings is 1. The maximum atomic E-state index is 12.3. The SMILES string of the molecule is CCNC1CCN(C(=O)CCCc2ccccc2)CC1C. The van der Waals surface area contributed by atoms with E-state index in [9.17, 15) is 4.79 Å². The third kappa shape index (κ3) is 4.85. The molecule has 3 heteroatoms. The van der Waals surface area contributed by atoms with Crippen molar-refractivity contribution >= 4 is 5.91 Å². The van der Waals surface area contributed by atoms with E-state index in [4.69, 9.17) is 0 Å². The number of aryl methyl sites for hydroxylation is 1. The highest BCUT2D eigenvalue weighted by Gasteiger charge is 2.27. The Morgan fingerprint density at radius 2 is 2.10 bits per heavy atom. The predicted octanol–water partition coefficient (Wildman–Crippen LogP) is 2.86. The molecule has 1 N–H and O–H groups in total. The van der Waals surface area contributed by atoms with E-state index in [0.29, 0.717) is 24.3 Å². The number of likely N-dealkylation sites (tertiary alicyclic amines) is 1. The number of nitrogens with one attached hydrogen (secondary N) is 1. The molecule has 2 atom stereocenters. The average molecular weight is 288 g/mol. The first kappa shape index (κ1) is 16.0. The molecular formula is C18H28N2O. The van der Waals surface area contributed by atoms with Crippen molar-refractivity contribution in [2.75, 3.05) is 19.6 Å². The second kappa shape index (κ2) is 8.18. The fourth-order valence-electron chi connectivity index (χ4n) is 3.18. The van der Waals surface area contributed by atoms with Crippen LogP contribution in [0.2, 0.25) is 0 Å². The molecule has 1 saturated heterocycles. The second-order valence-corrected chi connectivity index (χ2v) is 6.11. The molecule has 0 radical (unpaired) electrons. The van der Waals surface area contributed by atoms with Gasteiger partial charge in [-0.25, -0.2) is 0 Å². The lowest BCUT2D eigenvalue weighted by atomic mass is 9.93. The Labute approximate surface area is 128 Å². The van der Waals surface area contributed by atoms with Gasteiger partial charge in [-0.3, -0.25) is 4.79 Å². The number of hydrogen-bond donors (Lipinski definition) is 1. The molecule has 2 rings (SSSR count). The number of rotatable bonds is 6. The lowest BCUT2D eigenvalue weighted by Crippen LogP contribution is -2.50. The van der Waals surface area contributed by atoms with Gasteiger partial charge in [0.15, 0.2) is 0 Å². The van der Waals surface area contributed by atoms with Crippen LogP contribution in [0, 0.1) is 5.92 Å². The Hall–Kier alpha value is -1.35. The number of nitrogens with zero attached hydrogens (tertiary/aromatic N) is 1. The molecule has 0 aliphatic carbocycles. The van der Waals surface area contributed by atoms with E-state index in [1.807, 2.05) is 6.07 Å². The molecule has 0 bridgehead atoms. The zero-order valence-electron chi connectivity index (χ0n) is 13.3. The zero-order valence-corrected chi connectivity index (χ0v) is 13.3. The summed E-state index contributed by atoms with van der Waals surface area (Å²) in [5.41, 5.74) is 1.32. The van der Waals surface area contributed by atoms with Crippen LogP contribution in [-0.4, -0.2) is 36.5 Å². The van der Waals surface area contributed by atoms with Crippen molar-refractivity contribution < 1.29 is 4.79 Å². The van der Waals surface area contributed by atoms with Gasteiger partial charge in [-0.15, -0.1) is 0 Å². The first-order valence-electron chi connectivity index (χ1n) is 8.25. The Kier molecular flexibility index (Phi) is 6.24. The molecule has 2 unspecified atom stereocenters. The van der Waals surface area contributed by atoms with Crippen LogP contribution in [-0.2, 0) is 11.2 Å². The number of hydrogen-bond acceptors (Lipinski definition) is 2. The highest BCUT2D eigenvalue weighted by atomic mass is 16.2. The molecule has 1 heterocycles. The molecule has 0 aromatic heterocycles. The van der Waals surface area contributed by atoms with Gasteiger partial charge >= 0.3 is 0 Å². The molecule has 1 aliphatic heterocycles. The Morgan fingerprint density at radius 3 is 2.76 bits per heavy atom. The lowest BCUT2D eigenvalue weighted by Gasteiger charge is -2.37. The van der Waals surface area contributed by atoms with Crippen molar-refractivity contribution in [3.63, 3.8) is 0 Å². The van der Waals surface area contributed by atoms with Gasteiger partial charge < -0.3 is 10.2 Å². The van der Waals surface area contributed by atoms with Crippen molar-refractivity contribution in [2.45, 2.75) is 45.6 Å². The molecule has 0 saturated carbocycles. The standard InChI is InChI=1S/C18H28N2O/c1-3-19-17-12-13-20(14-15(17)2)18(21)11-7-10-16-8-5-4-6-9-16/h4-6,8-9,15,17,19H,3,7,10-14H2,1-2H3. The van der Waals surface area contributed by atoms with Crippen LogP contribution in [0.3, 0.4) is 0 Å². The normalized spacial score (nSPS) is 22.3. The highest BCUT2D eigenvalue weighted by molar-refractivity contribution is 5.76. The monoisotopic (exact) mass is 288 g/mol. The van der Waals surface area contributed by atoms with Gasteiger partial charge in [0, 0.05) is 25.6 Å².